The van der Waals surface area contributed by atoms with Gasteiger partial charge in [-0.3, -0.25) is 4.79 Å². The van der Waals surface area contributed by atoms with Crippen LogP contribution in [0.4, 0.5) is 5.69 Å². The van der Waals surface area contributed by atoms with Crippen molar-refractivity contribution in [3.05, 3.63) is 21.6 Å². The van der Waals surface area contributed by atoms with Crippen LogP contribution in [0.25, 0.3) is 0 Å². The Bertz CT molecular complexity index is 443. The summed E-state index contributed by atoms with van der Waals surface area (Å²) in [5.41, 5.74) is 0.371. The SMILES string of the molecule is CC(C)CCCCCCNc1cnn(C)c(=O)c1Cl. The van der Waals surface area contributed by atoms with Gasteiger partial charge in [0.15, 0.2) is 0 Å². The summed E-state index contributed by atoms with van der Waals surface area (Å²) in [5, 5.41) is 7.34. The zero-order chi connectivity index (χ0) is 14.3. The molecule has 0 bridgehead atoms. The summed E-state index contributed by atoms with van der Waals surface area (Å²) in [4.78, 5) is 11.6. The average Bonchev–Trinajstić information content (AvgIpc) is 2.37. The largest absolute Gasteiger partial charge is 0.382 e. The molecular formula is C14H24ClN3O. The molecule has 5 heteroatoms. The maximum Gasteiger partial charge on any atom is 0.287 e. The molecule has 1 rings (SSSR count). The Morgan fingerprint density at radius 1 is 1.32 bits per heavy atom. The fourth-order valence-corrected chi connectivity index (χ4v) is 2.13. The molecule has 1 aromatic heterocycles. The number of hydrogen-bond acceptors (Lipinski definition) is 3. The number of nitrogens with zero attached hydrogens (tertiary/aromatic N) is 2. The normalized spacial score (nSPS) is 11.0. The molecule has 0 atom stereocenters. The van der Waals surface area contributed by atoms with Crippen LogP contribution in [0.3, 0.4) is 0 Å². The second kappa shape index (κ2) is 8.20. The van der Waals surface area contributed by atoms with Gasteiger partial charge in [0.25, 0.3) is 5.56 Å². The van der Waals surface area contributed by atoms with Gasteiger partial charge in [0.1, 0.15) is 5.02 Å². The predicted octanol–water partition coefficient (Wildman–Crippen LogP) is 3.45. The fraction of sp³-hybridized carbons (Fsp3) is 0.714. The lowest BCUT2D eigenvalue weighted by Crippen LogP contribution is -2.21. The van der Waals surface area contributed by atoms with Gasteiger partial charge >= 0.3 is 0 Å². The Morgan fingerprint density at radius 2 is 2.00 bits per heavy atom. The molecule has 108 valence electrons. The highest BCUT2D eigenvalue weighted by molar-refractivity contribution is 6.32. The van der Waals surface area contributed by atoms with Gasteiger partial charge in [0, 0.05) is 13.6 Å². The molecule has 0 aliphatic heterocycles. The van der Waals surface area contributed by atoms with Gasteiger partial charge in [0.2, 0.25) is 0 Å². The molecule has 0 aliphatic carbocycles. The molecule has 1 aromatic rings. The van der Waals surface area contributed by atoms with E-state index >= 15 is 0 Å². The molecule has 0 unspecified atom stereocenters. The number of aromatic nitrogens is 2. The first-order valence-corrected chi connectivity index (χ1v) is 7.36. The number of anilines is 1. The van der Waals surface area contributed by atoms with E-state index in [4.69, 9.17) is 11.6 Å². The van der Waals surface area contributed by atoms with Crippen molar-refractivity contribution < 1.29 is 0 Å². The van der Waals surface area contributed by atoms with Gasteiger partial charge in [0.05, 0.1) is 11.9 Å². The van der Waals surface area contributed by atoms with Crippen LogP contribution in [0.5, 0.6) is 0 Å². The van der Waals surface area contributed by atoms with Crippen LogP contribution in [0.2, 0.25) is 5.02 Å². The summed E-state index contributed by atoms with van der Waals surface area (Å²) in [6.45, 7) is 5.34. The lowest BCUT2D eigenvalue weighted by molar-refractivity contribution is 0.523. The summed E-state index contributed by atoms with van der Waals surface area (Å²) in [6.07, 6.45) is 7.76. The molecule has 0 saturated carbocycles. The summed E-state index contributed by atoms with van der Waals surface area (Å²) >= 11 is 5.96. The number of aryl methyl sites for hydroxylation is 1. The molecule has 1 N–H and O–H groups in total. The maximum absolute atomic E-state index is 11.6. The van der Waals surface area contributed by atoms with E-state index in [1.807, 2.05) is 0 Å². The number of rotatable bonds is 8. The molecule has 0 aromatic carbocycles. The maximum atomic E-state index is 11.6. The van der Waals surface area contributed by atoms with Crippen molar-refractivity contribution in [2.75, 3.05) is 11.9 Å². The highest BCUT2D eigenvalue weighted by Crippen LogP contribution is 2.15. The van der Waals surface area contributed by atoms with Crippen LogP contribution < -0.4 is 10.9 Å². The van der Waals surface area contributed by atoms with Gasteiger partial charge in [-0.15, -0.1) is 0 Å². The molecule has 0 saturated heterocycles. The van der Waals surface area contributed by atoms with Gasteiger partial charge in [-0.1, -0.05) is 51.1 Å². The highest BCUT2D eigenvalue weighted by Gasteiger charge is 2.06. The van der Waals surface area contributed by atoms with E-state index in [-0.39, 0.29) is 10.6 Å². The zero-order valence-electron chi connectivity index (χ0n) is 12.1. The van der Waals surface area contributed by atoms with E-state index in [2.05, 4.69) is 24.3 Å². The minimum absolute atomic E-state index is 0.220. The summed E-state index contributed by atoms with van der Waals surface area (Å²) < 4.78 is 1.24. The van der Waals surface area contributed by atoms with Crippen molar-refractivity contribution >= 4 is 17.3 Å². The zero-order valence-corrected chi connectivity index (χ0v) is 12.8. The molecule has 0 spiro atoms. The molecule has 0 fully saturated rings. The van der Waals surface area contributed by atoms with E-state index in [0.717, 1.165) is 18.9 Å². The van der Waals surface area contributed by atoms with Crippen LogP contribution in [-0.2, 0) is 7.05 Å². The molecule has 4 nitrogen and oxygen atoms in total. The summed E-state index contributed by atoms with van der Waals surface area (Å²) in [7, 11) is 1.59. The van der Waals surface area contributed by atoms with Crippen LogP contribution in [0, 0.1) is 5.92 Å². The molecule has 0 radical (unpaired) electrons. The van der Waals surface area contributed by atoms with E-state index in [9.17, 15) is 4.79 Å². The van der Waals surface area contributed by atoms with E-state index in [1.54, 1.807) is 13.2 Å². The first-order valence-electron chi connectivity index (χ1n) is 6.98. The number of hydrogen-bond donors (Lipinski definition) is 1. The highest BCUT2D eigenvalue weighted by atomic mass is 35.5. The number of halogens is 1. The van der Waals surface area contributed by atoms with Crippen LogP contribution in [-0.4, -0.2) is 16.3 Å². The Morgan fingerprint density at radius 3 is 2.68 bits per heavy atom. The third-order valence-corrected chi connectivity index (χ3v) is 3.47. The van der Waals surface area contributed by atoms with Crippen LogP contribution >= 0.6 is 11.6 Å². The molecule has 0 amide bonds. The van der Waals surface area contributed by atoms with Crippen molar-refractivity contribution in [2.24, 2.45) is 13.0 Å². The minimum atomic E-state index is -0.261. The monoisotopic (exact) mass is 285 g/mol. The fourth-order valence-electron chi connectivity index (χ4n) is 1.89. The summed E-state index contributed by atoms with van der Waals surface area (Å²) in [6, 6.07) is 0. The van der Waals surface area contributed by atoms with Gasteiger partial charge in [-0.25, -0.2) is 4.68 Å². The molecule has 0 aliphatic rings. The Balaban J connectivity index is 2.23. The van der Waals surface area contributed by atoms with Gasteiger partial charge < -0.3 is 5.32 Å². The van der Waals surface area contributed by atoms with E-state index in [0.29, 0.717) is 5.69 Å². The average molecular weight is 286 g/mol. The molecule has 1 heterocycles. The Labute approximate surface area is 120 Å². The minimum Gasteiger partial charge on any atom is -0.382 e. The van der Waals surface area contributed by atoms with Crippen molar-refractivity contribution in [3.63, 3.8) is 0 Å². The second-order valence-electron chi connectivity index (χ2n) is 5.32. The quantitative estimate of drug-likeness (QED) is 0.744. The Kier molecular flexibility index (Phi) is 6.92. The number of unbranched alkanes of at least 4 members (excludes halogenated alkanes) is 3. The topological polar surface area (TPSA) is 46.9 Å². The first-order chi connectivity index (χ1) is 9.02. The van der Waals surface area contributed by atoms with Gasteiger partial charge in [-0.05, 0) is 12.3 Å². The first kappa shape index (κ1) is 16.0. The lowest BCUT2D eigenvalue weighted by atomic mass is 10.0. The van der Waals surface area contributed by atoms with Crippen LogP contribution in [0.1, 0.15) is 46.0 Å². The molecular weight excluding hydrogens is 262 g/mol. The lowest BCUT2D eigenvalue weighted by Gasteiger charge is -2.08. The smallest absolute Gasteiger partial charge is 0.287 e. The van der Waals surface area contributed by atoms with E-state index in [1.165, 1.54) is 30.4 Å². The third-order valence-electron chi connectivity index (χ3n) is 3.10. The predicted molar refractivity (Wildman–Crippen MR) is 80.9 cm³/mol. The second-order valence-corrected chi connectivity index (χ2v) is 5.70. The van der Waals surface area contributed by atoms with Crippen LogP contribution in [0.15, 0.2) is 11.0 Å². The number of nitrogens with one attached hydrogen (secondary N) is 1. The van der Waals surface area contributed by atoms with Crippen molar-refractivity contribution in [1.29, 1.82) is 0 Å². The summed E-state index contributed by atoms with van der Waals surface area (Å²) in [5.74, 6) is 0.795. The third kappa shape index (κ3) is 5.64. The van der Waals surface area contributed by atoms with Crippen molar-refractivity contribution in [3.8, 4) is 0 Å². The van der Waals surface area contributed by atoms with Crippen molar-refractivity contribution in [2.45, 2.75) is 46.0 Å². The van der Waals surface area contributed by atoms with Gasteiger partial charge in [-0.2, -0.15) is 5.10 Å². The van der Waals surface area contributed by atoms with E-state index < -0.39 is 0 Å². The standard InChI is InChI=1S/C14H24ClN3O/c1-11(2)8-6-4-5-7-9-16-12-10-17-18(3)14(19)13(12)15/h10-11,16H,4-9H2,1-3H3. The van der Waals surface area contributed by atoms with Crippen molar-refractivity contribution in [1.82, 2.24) is 9.78 Å². The molecule has 19 heavy (non-hydrogen) atoms. The Hall–Kier alpha value is -1.03.